The largest absolute Gasteiger partial charge is 0.348 e. The van der Waals surface area contributed by atoms with Crippen molar-refractivity contribution in [2.45, 2.75) is 20.4 Å². The molecule has 94 valence electrons. The van der Waals surface area contributed by atoms with Crippen molar-refractivity contribution >= 4 is 17.5 Å². The minimum Gasteiger partial charge on any atom is -0.348 e. The van der Waals surface area contributed by atoms with E-state index < -0.39 is 0 Å². The molecule has 0 unspecified atom stereocenters. The molecule has 0 bridgehead atoms. The van der Waals surface area contributed by atoms with Gasteiger partial charge in [0.05, 0.1) is 6.20 Å². The molecule has 5 heteroatoms. The quantitative estimate of drug-likeness (QED) is 0.894. The van der Waals surface area contributed by atoms with Crippen LogP contribution in [0.25, 0.3) is 0 Å². The van der Waals surface area contributed by atoms with E-state index in [-0.39, 0.29) is 5.91 Å². The van der Waals surface area contributed by atoms with E-state index in [2.05, 4.69) is 15.5 Å². The third-order valence-electron chi connectivity index (χ3n) is 2.89. The number of nitrogens with zero attached hydrogens (tertiary/aromatic N) is 1. The Labute approximate surface area is 110 Å². The molecule has 1 amide bonds. The molecule has 0 spiro atoms. The number of aromatic amines is 1. The fraction of sp³-hybridized carbons (Fsp3) is 0.231. The average molecular weight is 264 g/mol. The van der Waals surface area contributed by atoms with Crippen molar-refractivity contribution in [1.82, 2.24) is 15.5 Å². The Morgan fingerprint density at radius 1 is 1.44 bits per heavy atom. The van der Waals surface area contributed by atoms with Gasteiger partial charge in [0.25, 0.3) is 5.91 Å². The maximum absolute atomic E-state index is 12.0. The van der Waals surface area contributed by atoms with Gasteiger partial charge in [-0.1, -0.05) is 17.7 Å². The molecule has 0 fully saturated rings. The van der Waals surface area contributed by atoms with Gasteiger partial charge >= 0.3 is 0 Å². The highest BCUT2D eigenvalue weighted by atomic mass is 35.5. The van der Waals surface area contributed by atoms with Crippen LogP contribution in [0.2, 0.25) is 5.02 Å². The maximum atomic E-state index is 12.0. The molecule has 0 aliphatic rings. The summed E-state index contributed by atoms with van der Waals surface area (Å²) in [6.07, 6.45) is 1.71. The summed E-state index contributed by atoms with van der Waals surface area (Å²) in [5.41, 5.74) is 3.32. The molecule has 0 saturated carbocycles. The van der Waals surface area contributed by atoms with E-state index in [9.17, 15) is 4.79 Å². The molecular formula is C13H14ClN3O. The Morgan fingerprint density at radius 3 is 2.89 bits per heavy atom. The lowest BCUT2D eigenvalue weighted by Gasteiger charge is -2.08. The molecule has 1 heterocycles. The molecule has 0 atom stereocenters. The summed E-state index contributed by atoms with van der Waals surface area (Å²) in [6.45, 7) is 4.20. The number of carbonyl (C=O) groups is 1. The van der Waals surface area contributed by atoms with Gasteiger partial charge in [-0.2, -0.15) is 5.10 Å². The number of hydrogen-bond acceptors (Lipinski definition) is 2. The van der Waals surface area contributed by atoms with E-state index in [4.69, 9.17) is 11.6 Å². The fourth-order valence-electron chi connectivity index (χ4n) is 1.68. The van der Waals surface area contributed by atoms with Gasteiger partial charge in [-0.3, -0.25) is 9.89 Å². The van der Waals surface area contributed by atoms with E-state index in [1.54, 1.807) is 24.4 Å². The monoisotopic (exact) mass is 263 g/mol. The summed E-state index contributed by atoms with van der Waals surface area (Å²) in [6, 6.07) is 5.31. The highest BCUT2D eigenvalue weighted by molar-refractivity contribution is 6.31. The summed E-state index contributed by atoms with van der Waals surface area (Å²) in [5.74, 6) is -0.129. The molecule has 18 heavy (non-hydrogen) atoms. The van der Waals surface area contributed by atoms with Gasteiger partial charge in [-0.25, -0.2) is 0 Å². The van der Waals surface area contributed by atoms with Crippen molar-refractivity contribution in [2.24, 2.45) is 0 Å². The van der Waals surface area contributed by atoms with Crippen LogP contribution in [0.5, 0.6) is 0 Å². The Bertz CT molecular complexity index is 577. The predicted molar refractivity (Wildman–Crippen MR) is 70.7 cm³/mol. The molecule has 2 N–H and O–H groups in total. The molecule has 0 saturated heterocycles. The van der Waals surface area contributed by atoms with Crippen LogP contribution in [0.1, 0.15) is 27.2 Å². The Morgan fingerprint density at radius 2 is 2.22 bits per heavy atom. The van der Waals surface area contributed by atoms with Crippen molar-refractivity contribution in [3.05, 3.63) is 51.8 Å². The number of halogens is 1. The van der Waals surface area contributed by atoms with Crippen LogP contribution in [-0.4, -0.2) is 16.1 Å². The molecule has 1 aromatic carbocycles. The third-order valence-corrected chi connectivity index (χ3v) is 3.30. The molecule has 2 rings (SSSR count). The summed E-state index contributed by atoms with van der Waals surface area (Å²) in [5, 5.41) is 10.2. The van der Waals surface area contributed by atoms with Crippen molar-refractivity contribution in [3.8, 4) is 0 Å². The number of hydrogen-bond donors (Lipinski definition) is 2. The standard InChI is InChI=1S/C13H14ClN3O/c1-8-11(4-3-5-12(8)14)13(18)15-6-10-7-16-17-9(10)2/h3-5,7H,6H2,1-2H3,(H,15,18)(H,16,17). The van der Waals surface area contributed by atoms with Gasteiger partial charge in [0.15, 0.2) is 0 Å². The summed E-state index contributed by atoms with van der Waals surface area (Å²) in [4.78, 5) is 12.0. The maximum Gasteiger partial charge on any atom is 0.251 e. The van der Waals surface area contributed by atoms with E-state index in [0.717, 1.165) is 16.8 Å². The lowest BCUT2D eigenvalue weighted by molar-refractivity contribution is 0.0950. The number of aromatic nitrogens is 2. The summed E-state index contributed by atoms with van der Waals surface area (Å²) < 4.78 is 0. The molecule has 4 nitrogen and oxygen atoms in total. The van der Waals surface area contributed by atoms with E-state index in [1.807, 2.05) is 13.8 Å². The number of amides is 1. The van der Waals surface area contributed by atoms with Crippen molar-refractivity contribution in [1.29, 1.82) is 0 Å². The van der Waals surface area contributed by atoms with Crippen LogP contribution >= 0.6 is 11.6 Å². The minimum absolute atomic E-state index is 0.129. The van der Waals surface area contributed by atoms with E-state index >= 15 is 0 Å². The first-order valence-electron chi connectivity index (χ1n) is 5.61. The predicted octanol–water partition coefficient (Wildman–Crippen LogP) is 2.61. The lowest BCUT2D eigenvalue weighted by atomic mass is 10.1. The zero-order chi connectivity index (χ0) is 13.1. The first kappa shape index (κ1) is 12.6. The highest BCUT2D eigenvalue weighted by Crippen LogP contribution is 2.18. The van der Waals surface area contributed by atoms with Crippen LogP contribution in [0.4, 0.5) is 0 Å². The SMILES string of the molecule is Cc1[nH]ncc1CNC(=O)c1cccc(Cl)c1C. The van der Waals surface area contributed by atoms with Crippen LogP contribution in [0.3, 0.4) is 0 Å². The second-order valence-electron chi connectivity index (χ2n) is 4.12. The highest BCUT2D eigenvalue weighted by Gasteiger charge is 2.11. The fourth-order valence-corrected chi connectivity index (χ4v) is 1.85. The second kappa shape index (κ2) is 5.23. The summed E-state index contributed by atoms with van der Waals surface area (Å²) >= 11 is 5.99. The molecular weight excluding hydrogens is 250 g/mol. The Kier molecular flexibility index (Phi) is 3.67. The van der Waals surface area contributed by atoms with Gasteiger partial charge in [0.1, 0.15) is 0 Å². The topological polar surface area (TPSA) is 57.8 Å². The number of benzene rings is 1. The molecule has 1 aromatic heterocycles. The van der Waals surface area contributed by atoms with Crippen LogP contribution in [0, 0.1) is 13.8 Å². The van der Waals surface area contributed by atoms with Crippen molar-refractivity contribution < 1.29 is 4.79 Å². The van der Waals surface area contributed by atoms with Gasteiger partial charge in [-0.05, 0) is 31.5 Å². The number of H-pyrrole nitrogens is 1. The van der Waals surface area contributed by atoms with Gasteiger partial charge in [0.2, 0.25) is 0 Å². The first-order chi connectivity index (χ1) is 8.59. The Balaban J connectivity index is 2.09. The van der Waals surface area contributed by atoms with E-state index in [1.165, 1.54) is 0 Å². The zero-order valence-corrected chi connectivity index (χ0v) is 11.0. The van der Waals surface area contributed by atoms with Crippen molar-refractivity contribution in [2.75, 3.05) is 0 Å². The van der Waals surface area contributed by atoms with Gasteiger partial charge < -0.3 is 5.32 Å². The number of aryl methyl sites for hydroxylation is 1. The van der Waals surface area contributed by atoms with Gasteiger partial charge in [0, 0.05) is 28.4 Å². The number of rotatable bonds is 3. The van der Waals surface area contributed by atoms with Gasteiger partial charge in [-0.15, -0.1) is 0 Å². The van der Waals surface area contributed by atoms with Crippen LogP contribution in [-0.2, 0) is 6.54 Å². The van der Waals surface area contributed by atoms with E-state index in [0.29, 0.717) is 17.1 Å². The van der Waals surface area contributed by atoms with Crippen LogP contribution < -0.4 is 5.32 Å². The smallest absolute Gasteiger partial charge is 0.251 e. The number of carbonyl (C=O) groups excluding carboxylic acids is 1. The van der Waals surface area contributed by atoms with Crippen LogP contribution in [0.15, 0.2) is 24.4 Å². The average Bonchev–Trinajstić information content (AvgIpc) is 2.75. The zero-order valence-electron chi connectivity index (χ0n) is 10.2. The Hall–Kier alpha value is -1.81. The minimum atomic E-state index is -0.129. The normalized spacial score (nSPS) is 10.4. The lowest BCUT2D eigenvalue weighted by Crippen LogP contribution is -2.23. The number of nitrogens with one attached hydrogen (secondary N) is 2. The van der Waals surface area contributed by atoms with Crippen molar-refractivity contribution in [3.63, 3.8) is 0 Å². The third kappa shape index (κ3) is 2.54. The summed E-state index contributed by atoms with van der Waals surface area (Å²) in [7, 11) is 0. The molecule has 0 radical (unpaired) electrons. The molecule has 0 aliphatic heterocycles. The first-order valence-corrected chi connectivity index (χ1v) is 5.99. The second-order valence-corrected chi connectivity index (χ2v) is 4.52. The molecule has 2 aromatic rings. The molecule has 0 aliphatic carbocycles.